The molecule has 23 heavy (non-hydrogen) atoms. The van der Waals surface area contributed by atoms with Crippen LogP contribution in [0.4, 0.5) is 0 Å². The molecule has 1 N–H and O–H groups in total. The Morgan fingerprint density at radius 1 is 0.435 bits per heavy atom. The van der Waals surface area contributed by atoms with Crippen molar-refractivity contribution in [2.45, 2.75) is 0 Å². The predicted octanol–water partition coefficient (Wildman–Crippen LogP) is 6.01. The summed E-state index contributed by atoms with van der Waals surface area (Å²) in [5, 5.41) is 19.5. The van der Waals surface area contributed by atoms with Crippen LogP contribution >= 0.6 is 0 Å². The highest BCUT2D eigenvalue weighted by Crippen LogP contribution is 2.35. The summed E-state index contributed by atoms with van der Waals surface area (Å²) < 4.78 is 0. The fourth-order valence-corrected chi connectivity index (χ4v) is 3.63. The lowest BCUT2D eigenvalue weighted by atomic mass is 9.94. The van der Waals surface area contributed by atoms with Crippen molar-refractivity contribution < 1.29 is 5.11 Å². The van der Waals surface area contributed by atoms with E-state index >= 15 is 0 Å². The first-order valence-corrected chi connectivity index (χ1v) is 7.77. The largest absolute Gasteiger partial charge is 0.508 e. The van der Waals surface area contributed by atoms with Gasteiger partial charge in [-0.1, -0.05) is 66.7 Å². The highest BCUT2D eigenvalue weighted by molar-refractivity contribution is 6.22. The summed E-state index contributed by atoms with van der Waals surface area (Å²) in [5.74, 6) is 0.309. The van der Waals surface area contributed by atoms with E-state index in [4.69, 9.17) is 0 Å². The maximum absolute atomic E-state index is 9.69. The van der Waals surface area contributed by atoms with Crippen LogP contribution in [-0.2, 0) is 0 Å². The summed E-state index contributed by atoms with van der Waals surface area (Å²) in [6.45, 7) is 0. The topological polar surface area (TPSA) is 20.2 Å². The first-order valence-electron chi connectivity index (χ1n) is 7.77. The van der Waals surface area contributed by atoms with Gasteiger partial charge in [-0.05, 0) is 55.2 Å². The molecule has 0 aromatic heterocycles. The second-order valence-electron chi connectivity index (χ2n) is 6.01. The van der Waals surface area contributed by atoms with Crippen LogP contribution in [0.15, 0.2) is 78.9 Å². The van der Waals surface area contributed by atoms with E-state index < -0.39 is 0 Å². The first kappa shape index (κ1) is 12.5. The zero-order valence-electron chi connectivity index (χ0n) is 12.5. The van der Waals surface area contributed by atoms with Crippen LogP contribution in [0.3, 0.4) is 0 Å². The van der Waals surface area contributed by atoms with Crippen molar-refractivity contribution in [3.05, 3.63) is 78.9 Å². The maximum atomic E-state index is 9.69. The lowest BCUT2D eigenvalue weighted by molar-refractivity contribution is 0.476. The van der Waals surface area contributed by atoms with E-state index in [1.807, 2.05) is 12.1 Å². The monoisotopic (exact) mass is 294 g/mol. The summed E-state index contributed by atoms with van der Waals surface area (Å²) in [7, 11) is 0. The van der Waals surface area contributed by atoms with Gasteiger partial charge in [0.05, 0.1) is 0 Å². The molecule has 0 amide bonds. The molecule has 5 aromatic carbocycles. The fraction of sp³-hybridized carbons (Fsp3) is 0. The van der Waals surface area contributed by atoms with Crippen LogP contribution in [0.1, 0.15) is 0 Å². The van der Waals surface area contributed by atoms with Crippen molar-refractivity contribution in [3.8, 4) is 5.75 Å². The Hall–Kier alpha value is -3.06. The SMILES string of the molecule is Oc1ccc2c(ccc3c2ccc2c4ccccc4ccc23)c1. The number of rotatable bonds is 0. The number of aromatic hydroxyl groups is 1. The molecule has 0 aliphatic carbocycles. The molecule has 0 fully saturated rings. The third-order valence-corrected chi connectivity index (χ3v) is 4.72. The molecule has 5 aromatic rings. The Bertz CT molecular complexity index is 1220. The molecule has 0 atom stereocenters. The van der Waals surface area contributed by atoms with Crippen molar-refractivity contribution in [1.29, 1.82) is 0 Å². The minimum atomic E-state index is 0.309. The zero-order valence-corrected chi connectivity index (χ0v) is 12.5. The van der Waals surface area contributed by atoms with Crippen molar-refractivity contribution in [2.75, 3.05) is 0 Å². The van der Waals surface area contributed by atoms with E-state index in [-0.39, 0.29) is 0 Å². The van der Waals surface area contributed by atoms with Gasteiger partial charge in [-0.2, -0.15) is 0 Å². The number of phenolic OH excluding ortho intramolecular Hbond substituents is 1. The van der Waals surface area contributed by atoms with E-state index in [0.29, 0.717) is 5.75 Å². The second kappa shape index (κ2) is 4.47. The molecular formula is C22H14O. The number of hydrogen-bond acceptors (Lipinski definition) is 1. The van der Waals surface area contributed by atoms with Gasteiger partial charge in [0.1, 0.15) is 5.75 Å². The highest BCUT2D eigenvalue weighted by atomic mass is 16.3. The third kappa shape index (κ3) is 1.74. The molecule has 0 radical (unpaired) electrons. The minimum Gasteiger partial charge on any atom is -0.508 e. The van der Waals surface area contributed by atoms with Crippen LogP contribution in [0.5, 0.6) is 5.75 Å². The average Bonchev–Trinajstić information content (AvgIpc) is 2.60. The Balaban J connectivity index is 2.00. The number of phenols is 1. The normalized spacial score (nSPS) is 11.7. The summed E-state index contributed by atoms with van der Waals surface area (Å²) >= 11 is 0. The molecule has 0 heterocycles. The van der Waals surface area contributed by atoms with E-state index in [1.54, 1.807) is 6.07 Å². The van der Waals surface area contributed by atoms with Crippen molar-refractivity contribution in [2.24, 2.45) is 0 Å². The van der Waals surface area contributed by atoms with Gasteiger partial charge in [-0.3, -0.25) is 0 Å². The van der Waals surface area contributed by atoms with Gasteiger partial charge in [0.15, 0.2) is 0 Å². The number of fused-ring (bicyclic) bond motifs is 7. The molecule has 0 aliphatic heterocycles. The Morgan fingerprint density at radius 3 is 1.74 bits per heavy atom. The van der Waals surface area contributed by atoms with Crippen molar-refractivity contribution in [1.82, 2.24) is 0 Å². The van der Waals surface area contributed by atoms with E-state index in [0.717, 1.165) is 5.39 Å². The van der Waals surface area contributed by atoms with Gasteiger partial charge in [0.2, 0.25) is 0 Å². The average molecular weight is 294 g/mol. The van der Waals surface area contributed by atoms with E-state index in [9.17, 15) is 5.11 Å². The molecule has 0 saturated heterocycles. The van der Waals surface area contributed by atoms with Crippen molar-refractivity contribution in [3.63, 3.8) is 0 Å². The standard InChI is InChI=1S/C22H14O/c23-16-7-10-18-15(13-16)6-9-22-20(18)12-11-19-17-4-2-1-3-14(17)5-8-21(19)22/h1-13,23H. The molecule has 0 bridgehead atoms. The van der Waals surface area contributed by atoms with Gasteiger partial charge in [-0.15, -0.1) is 0 Å². The maximum Gasteiger partial charge on any atom is 0.116 e. The molecule has 0 spiro atoms. The summed E-state index contributed by atoms with van der Waals surface area (Å²) in [6, 6.07) is 27.2. The zero-order chi connectivity index (χ0) is 15.4. The van der Waals surface area contributed by atoms with Gasteiger partial charge < -0.3 is 5.11 Å². The van der Waals surface area contributed by atoms with Gasteiger partial charge in [0, 0.05) is 0 Å². The molecule has 1 heteroatoms. The Kier molecular flexibility index (Phi) is 2.42. The predicted molar refractivity (Wildman–Crippen MR) is 98.1 cm³/mol. The quantitative estimate of drug-likeness (QED) is 0.347. The van der Waals surface area contributed by atoms with Crippen LogP contribution in [-0.4, -0.2) is 5.11 Å². The highest BCUT2D eigenvalue weighted by Gasteiger charge is 2.07. The van der Waals surface area contributed by atoms with Crippen molar-refractivity contribution >= 4 is 43.1 Å². The molecule has 0 saturated carbocycles. The third-order valence-electron chi connectivity index (χ3n) is 4.72. The summed E-state index contributed by atoms with van der Waals surface area (Å²) in [6.07, 6.45) is 0. The second-order valence-corrected chi connectivity index (χ2v) is 6.01. The van der Waals surface area contributed by atoms with Crippen LogP contribution in [0.25, 0.3) is 43.1 Å². The van der Waals surface area contributed by atoms with Crippen LogP contribution in [0.2, 0.25) is 0 Å². The summed E-state index contributed by atoms with van der Waals surface area (Å²) in [5.41, 5.74) is 0. The Labute approximate surface area is 133 Å². The molecular weight excluding hydrogens is 280 g/mol. The van der Waals surface area contributed by atoms with E-state index in [2.05, 4.69) is 60.7 Å². The number of hydrogen-bond donors (Lipinski definition) is 1. The molecule has 0 unspecified atom stereocenters. The van der Waals surface area contributed by atoms with Crippen LogP contribution in [0, 0.1) is 0 Å². The molecule has 1 nitrogen and oxygen atoms in total. The molecule has 5 rings (SSSR count). The number of benzene rings is 5. The van der Waals surface area contributed by atoms with Gasteiger partial charge in [-0.25, -0.2) is 0 Å². The van der Waals surface area contributed by atoms with Gasteiger partial charge in [0.25, 0.3) is 0 Å². The smallest absolute Gasteiger partial charge is 0.116 e. The summed E-state index contributed by atoms with van der Waals surface area (Å²) in [4.78, 5) is 0. The van der Waals surface area contributed by atoms with Crippen LogP contribution < -0.4 is 0 Å². The molecule has 108 valence electrons. The van der Waals surface area contributed by atoms with E-state index in [1.165, 1.54) is 37.7 Å². The molecule has 0 aliphatic rings. The fourth-order valence-electron chi connectivity index (χ4n) is 3.63. The lowest BCUT2D eigenvalue weighted by Gasteiger charge is -2.10. The minimum absolute atomic E-state index is 0.309. The Morgan fingerprint density at radius 2 is 0.957 bits per heavy atom. The lowest BCUT2D eigenvalue weighted by Crippen LogP contribution is -1.82. The van der Waals surface area contributed by atoms with Gasteiger partial charge >= 0.3 is 0 Å². The first-order chi connectivity index (χ1) is 11.3.